The predicted molar refractivity (Wildman–Crippen MR) is 80.7 cm³/mol. The number of hydrogen-bond donors (Lipinski definition) is 0. The maximum Gasteiger partial charge on any atom is 0.379 e. The summed E-state index contributed by atoms with van der Waals surface area (Å²) in [4.78, 5) is 22.7. The largest absolute Gasteiger partial charge is 0.467 e. The average Bonchev–Trinajstić information content (AvgIpc) is 2.51. The number of hydrogen-bond acceptors (Lipinski definition) is 5. The minimum atomic E-state index is -0.961. The van der Waals surface area contributed by atoms with Crippen molar-refractivity contribution in [1.82, 2.24) is 0 Å². The van der Waals surface area contributed by atoms with Gasteiger partial charge in [-0.25, -0.2) is 4.79 Å². The Morgan fingerprint density at radius 2 is 2.05 bits per heavy atom. The minimum absolute atomic E-state index is 0.0421. The zero-order valence-electron chi connectivity index (χ0n) is 12.2. The van der Waals surface area contributed by atoms with Gasteiger partial charge < -0.3 is 14.2 Å². The Hall–Kier alpha value is -2.84. The molecule has 5 nitrogen and oxygen atoms in total. The van der Waals surface area contributed by atoms with Crippen molar-refractivity contribution in [3.05, 3.63) is 35.9 Å². The molecule has 0 aromatic heterocycles. The summed E-state index contributed by atoms with van der Waals surface area (Å²) in [6, 6.07) is 8.57. The molecule has 2 aromatic rings. The second-order valence-corrected chi connectivity index (χ2v) is 4.47. The van der Waals surface area contributed by atoms with E-state index in [-0.39, 0.29) is 12.5 Å². The number of fused-ring (bicyclic) bond motifs is 1. The summed E-state index contributed by atoms with van der Waals surface area (Å²) in [5.74, 6) is 1.49. The maximum absolute atomic E-state index is 11.6. The van der Waals surface area contributed by atoms with Crippen molar-refractivity contribution < 1.29 is 23.8 Å². The first-order valence-electron chi connectivity index (χ1n) is 6.44. The Balaban J connectivity index is 2.59. The number of Topliss-reactive ketones (excluding diaryl/α,β-unsaturated/α-hetero) is 1. The molecule has 2 aromatic carbocycles. The van der Waals surface area contributed by atoms with Gasteiger partial charge >= 0.3 is 5.97 Å². The van der Waals surface area contributed by atoms with E-state index < -0.39 is 11.8 Å². The Morgan fingerprint density at radius 1 is 1.27 bits per heavy atom. The van der Waals surface area contributed by atoms with E-state index in [1.165, 1.54) is 13.2 Å². The molecule has 0 unspecified atom stereocenters. The number of ether oxygens (including phenoxy) is 3. The van der Waals surface area contributed by atoms with Crippen LogP contribution in [0.2, 0.25) is 0 Å². The van der Waals surface area contributed by atoms with Crippen LogP contribution in [0, 0.1) is 12.3 Å². The van der Waals surface area contributed by atoms with E-state index in [1.807, 2.05) is 0 Å². The Morgan fingerprint density at radius 3 is 2.68 bits per heavy atom. The van der Waals surface area contributed by atoms with Gasteiger partial charge in [0, 0.05) is 31.0 Å². The second-order valence-electron chi connectivity index (χ2n) is 4.47. The number of terminal acetylenes is 1. The molecule has 0 radical (unpaired) electrons. The molecule has 22 heavy (non-hydrogen) atoms. The quantitative estimate of drug-likeness (QED) is 0.279. The Labute approximate surface area is 127 Å². The molecule has 0 aliphatic carbocycles. The number of carbonyl (C=O) groups is 2. The van der Waals surface area contributed by atoms with Gasteiger partial charge in [0.1, 0.15) is 11.5 Å². The molecular weight excluding hydrogens is 284 g/mol. The molecule has 0 bridgehead atoms. The summed E-state index contributed by atoms with van der Waals surface area (Å²) >= 11 is 0. The molecule has 0 saturated heterocycles. The lowest BCUT2D eigenvalue weighted by molar-refractivity contribution is -0.145. The van der Waals surface area contributed by atoms with Crippen LogP contribution >= 0.6 is 0 Å². The van der Waals surface area contributed by atoms with Crippen LogP contribution < -0.4 is 9.47 Å². The lowest BCUT2D eigenvalue weighted by atomic mass is 10.0. The molecule has 0 N–H and O–H groups in total. The topological polar surface area (TPSA) is 61.8 Å². The van der Waals surface area contributed by atoms with Gasteiger partial charge in [-0.1, -0.05) is 18.1 Å². The molecule has 2 rings (SSSR count). The van der Waals surface area contributed by atoms with Crippen LogP contribution in [-0.2, 0) is 14.3 Å². The van der Waals surface area contributed by atoms with Gasteiger partial charge in [-0.2, -0.15) is 0 Å². The molecular formula is C17H14O5. The first kappa shape index (κ1) is 15.5. The summed E-state index contributed by atoms with van der Waals surface area (Å²) in [6.07, 6.45) is 5.48. The summed E-state index contributed by atoms with van der Waals surface area (Å²) in [5, 5.41) is 1.31. The number of carbonyl (C=O) groups excluding carboxylic acids is 2. The third-order valence-electron chi connectivity index (χ3n) is 2.90. The summed E-state index contributed by atoms with van der Waals surface area (Å²) in [6.45, 7) is 1.18. The molecule has 0 amide bonds. The van der Waals surface area contributed by atoms with Gasteiger partial charge in [-0.05, 0) is 17.5 Å². The molecule has 0 aliphatic heterocycles. The van der Waals surface area contributed by atoms with E-state index in [4.69, 9.17) is 20.6 Å². The number of esters is 1. The van der Waals surface area contributed by atoms with Crippen molar-refractivity contribution in [2.45, 2.75) is 6.92 Å². The molecule has 0 aliphatic rings. The normalized spacial score (nSPS) is 10.0. The Kier molecular flexibility index (Phi) is 4.77. The van der Waals surface area contributed by atoms with Gasteiger partial charge in [0.25, 0.3) is 0 Å². The van der Waals surface area contributed by atoms with Gasteiger partial charge in [0.05, 0.1) is 0 Å². The summed E-state index contributed by atoms with van der Waals surface area (Å²) < 4.78 is 15.4. The lowest BCUT2D eigenvalue weighted by Crippen LogP contribution is -2.17. The van der Waals surface area contributed by atoms with Crippen molar-refractivity contribution in [2.24, 2.45) is 0 Å². The summed E-state index contributed by atoms with van der Waals surface area (Å²) in [5.41, 5.74) is 0.558. The van der Waals surface area contributed by atoms with Crippen LogP contribution in [0.25, 0.3) is 10.8 Å². The smallest absolute Gasteiger partial charge is 0.379 e. The number of methoxy groups -OCH3 is 1. The molecule has 0 saturated carbocycles. The molecule has 0 atom stereocenters. The fraction of sp³-hybridized carbons (Fsp3) is 0.176. The number of ketones is 1. The molecule has 0 spiro atoms. The molecule has 5 heteroatoms. The highest BCUT2D eigenvalue weighted by atomic mass is 16.7. The highest BCUT2D eigenvalue weighted by Crippen LogP contribution is 2.33. The van der Waals surface area contributed by atoms with Crippen molar-refractivity contribution in [1.29, 1.82) is 0 Å². The van der Waals surface area contributed by atoms with Crippen molar-refractivity contribution >= 4 is 22.5 Å². The van der Waals surface area contributed by atoms with E-state index >= 15 is 0 Å². The number of benzene rings is 2. The van der Waals surface area contributed by atoms with Gasteiger partial charge in [-0.3, -0.25) is 4.79 Å². The molecule has 112 valence electrons. The molecule has 0 heterocycles. The first-order valence-corrected chi connectivity index (χ1v) is 6.44. The van der Waals surface area contributed by atoms with E-state index in [9.17, 15) is 9.59 Å². The lowest BCUT2D eigenvalue weighted by Gasteiger charge is -2.12. The van der Waals surface area contributed by atoms with Gasteiger partial charge in [-0.15, -0.1) is 6.42 Å². The maximum atomic E-state index is 11.6. The van der Waals surface area contributed by atoms with Crippen molar-refractivity contribution in [3.63, 3.8) is 0 Å². The fourth-order valence-corrected chi connectivity index (χ4v) is 1.94. The fourth-order valence-electron chi connectivity index (χ4n) is 1.94. The highest BCUT2D eigenvalue weighted by Gasteiger charge is 2.16. The summed E-state index contributed by atoms with van der Waals surface area (Å²) in [7, 11) is 1.49. The zero-order valence-corrected chi connectivity index (χ0v) is 12.2. The third kappa shape index (κ3) is 3.25. The highest BCUT2D eigenvalue weighted by molar-refractivity contribution is 6.33. The monoisotopic (exact) mass is 298 g/mol. The second kappa shape index (κ2) is 6.74. The van der Waals surface area contributed by atoms with E-state index in [1.54, 1.807) is 24.3 Å². The van der Waals surface area contributed by atoms with Gasteiger partial charge in [0.15, 0.2) is 6.79 Å². The predicted octanol–water partition coefficient (Wildman–Crippen LogP) is 2.30. The van der Waals surface area contributed by atoms with Crippen molar-refractivity contribution in [3.8, 4) is 23.8 Å². The SMILES string of the molecule is C#Cc1cccc2cc(OCOC)cc(OC(=O)C(C)=O)c12. The van der Waals surface area contributed by atoms with Crippen molar-refractivity contribution in [2.75, 3.05) is 13.9 Å². The standard InChI is InChI=1S/C17H14O5/c1-4-12-6-5-7-13-8-14(21-10-20-3)9-15(16(12)13)22-17(19)11(2)18/h1,5-9H,10H2,2-3H3. The number of rotatable bonds is 5. The van der Waals surface area contributed by atoms with Crippen LogP contribution in [-0.4, -0.2) is 25.7 Å². The van der Waals surface area contributed by atoms with Crippen LogP contribution in [0.3, 0.4) is 0 Å². The van der Waals surface area contributed by atoms with E-state index in [0.717, 1.165) is 12.3 Å². The Bertz CT molecular complexity index is 770. The molecule has 0 fully saturated rings. The van der Waals surface area contributed by atoms with E-state index in [0.29, 0.717) is 16.7 Å². The van der Waals surface area contributed by atoms with Crippen LogP contribution in [0.1, 0.15) is 12.5 Å². The van der Waals surface area contributed by atoms with Crippen LogP contribution in [0.15, 0.2) is 30.3 Å². The third-order valence-corrected chi connectivity index (χ3v) is 2.90. The van der Waals surface area contributed by atoms with Crippen LogP contribution in [0.5, 0.6) is 11.5 Å². The van der Waals surface area contributed by atoms with Gasteiger partial charge in [0.2, 0.25) is 5.78 Å². The first-order chi connectivity index (χ1) is 10.6. The minimum Gasteiger partial charge on any atom is -0.467 e. The zero-order chi connectivity index (χ0) is 16.1. The average molecular weight is 298 g/mol. The van der Waals surface area contributed by atoms with Crippen LogP contribution in [0.4, 0.5) is 0 Å². The van der Waals surface area contributed by atoms with E-state index in [2.05, 4.69) is 5.92 Å².